The number of aromatic nitrogens is 5. The molecule has 174 valence electrons. The van der Waals surface area contributed by atoms with Gasteiger partial charge < -0.3 is 16.0 Å². The zero-order chi connectivity index (χ0) is 22.7. The average molecular weight is 481 g/mol. The number of Topliss-reactive ketones (excluding diaryl/α,β-unsaturated/α-hetero) is 1. The minimum absolute atomic E-state index is 0. The zero-order valence-corrected chi connectivity index (χ0v) is 18.9. The molecule has 0 unspecified atom stereocenters. The predicted molar refractivity (Wildman–Crippen MR) is 130 cm³/mol. The van der Waals surface area contributed by atoms with E-state index >= 15 is 0 Å². The van der Waals surface area contributed by atoms with Crippen molar-refractivity contribution < 1.29 is 9.18 Å². The molecular weight excluding hydrogens is 459 g/mol. The van der Waals surface area contributed by atoms with Crippen LogP contribution in [0.5, 0.6) is 0 Å². The standard InChI is InChI=1S/C22H19FN8O2.H2S/c23-13-7-11-30-17(13)21(33)31(12-4-2-1-3-5-12)19(28-30)14-8-10-29(14)20-16-15(32)6-9-25-18(16)26-22(24)27-20;/h1-5,7,11,14H,6,8-10H2,(H3,24,25,26,27);1H2/t14-;/m0./s1. The molecule has 2 aliphatic heterocycles. The van der Waals surface area contributed by atoms with Gasteiger partial charge in [-0.3, -0.25) is 14.2 Å². The molecule has 0 radical (unpaired) electrons. The van der Waals surface area contributed by atoms with Gasteiger partial charge in [0.25, 0.3) is 5.56 Å². The van der Waals surface area contributed by atoms with Crippen LogP contribution < -0.4 is 21.5 Å². The molecule has 0 bridgehead atoms. The Labute approximate surface area is 199 Å². The van der Waals surface area contributed by atoms with E-state index in [-0.39, 0.29) is 36.8 Å². The molecule has 4 aromatic rings. The van der Waals surface area contributed by atoms with Gasteiger partial charge in [-0.15, -0.1) is 0 Å². The number of nitrogen functional groups attached to an aromatic ring is 1. The molecule has 1 atom stereocenters. The highest BCUT2D eigenvalue weighted by molar-refractivity contribution is 7.59. The van der Waals surface area contributed by atoms with E-state index in [1.54, 1.807) is 24.3 Å². The van der Waals surface area contributed by atoms with Crippen LogP contribution in [0.25, 0.3) is 11.2 Å². The number of benzene rings is 1. The molecule has 1 aromatic carbocycles. The maximum absolute atomic E-state index is 14.4. The van der Waals surface area contributed by atoms with Gasteiger partial charge in [0.05, 0.1) is 11.7 Å². The lowest BCUT2D eigenvalue weighted by atomic mass is 9.98. The number of carbonyl (C=O) groups is 1. The third kappa shape index (κ3) is 3.21. The van der Waals surface area contributed by atoms with Crippen LogP contribution in [-0.4, -0.2) is 43.0 Å². The van der Waals surface area contributed by atoms with Crippen molar-refractivity contribution in [3.8, 4) is 5.69 Å². The molecule has 1 saturated heterocycles. The van der Waals surface area contributed by atoms with Crippen LogP contribution in [0.15, 0.2) is 47.4 Å². The quantitative estimate of drug-likeness (QED) is 0.457. The molecule has 34 heavy (non-hydrogen) atoms. The predicted octanol–water partition coefficient (Wildman–Crippen LogP) is 2.06. The Bertz CT molecular complexity index is 1490. The summed E-state index contributed by atoms with van der Waals surface area (Å²) in [6.45, 7) is 1.07. The normalized spacial score (nSPS) is 17.0. The molecule has 0 spiro atoms. The Balaban J connectivity index is 0.00000241. The molecule has 5 heterocycles. The fourth-order valence-electron chi connectivity index (χ4n) is 4.48. The summed E-state index contributed by atoms with van der Waals surface area (Å²) in [4.78, 5) is 36.6. The minimum atomic E-state index is -0.636. The topological polar surface area (TPSA) is 123 Å². The highest BCUT2D eigenvalue weighted by Crippen LogP contribution is 2.40. The van der Waals surface area contributed by atoms with Gasteiger partial charge in [0.1, 0.15) is 17.2 Å². The lowest BCUT2D eigenvalue weighted by Crippen LogP contribution is -2.46. The molecule has 12 heteroatoms. The first-order chi connectivity index (χ1) is 16.0. The van der Waals surface area contributed by atoms with Crippen molar-refractivity contribution in [1.82, 2.24) is 24.1 Å². The third-order valence-electron chi connectivity index (χ3n) is 6.10. The second kappa shape index (κ2) is 8.13. The third-order valence-corrected chi connectivity index (χ3v) is 6.10. The molecule has 2 aliphatic rings. The lowest BCUT2D eigenvalue weighted by Gasteiger charge is -2.43. The fourth-order valence-corrected chi connectivity index (χ4v) is 4.48. The Kier molecular flexibility index (Phi) is 5.24. The Morgan fingerprint density at radius 2 is 1.91 bits per heavy atom. The van der Waals surface area contributed by atoms with Crippen LogP contribution in [0, 0.1) is 5.82 Å². The van der Waals surface area contributed by atoms with Crippen molar-refractivity contribution in [3.05, 3.63) is 70.2 Å². The summed E-state index contributed by atoms with van der Waals surface area (Å²) in [5, 5.41) is 7.72. The largest absolute Gasteiger partial charge is 0.369 e. The summed E-state index contributed by atoms with van der Waals surface area (Å²) in [7, 11) is 0. The first kappa shape index (κ1) is 21.9. The van der Waals surface area contributed by atoms with E-state index < -0.39 is 11.4 Å². The van der Waals surface area contributed by atoms with Crippen LogP contribution >= 0.6 is 13.5 Å². The Morgan fingerprint density at radius 1 is 1.12 bits per heavy atom. The molecule has 0 aliphatic carbocycles. The lowest BCUT2D eigenvalue weighted by molar-refractivity contribution is 0.0983. The summed E-state index contributed by atoms with van der Waals surface area (Å²) < 4.78 is 17.1. The van der Waals surface area contributed by atoms with E-state index in [1.165, 1.54) is 21.3 Å². The number of hydrogen-bond acceptors (Lipinski definition) is 8. The van der Waals surface area contributed by atoms with Crippen LogP contribution in [0.1, 0.15) is 35.1 Å². The van der Waals surface area contributed by atoms with Gasteiger partial charge in [-0.1, -0.05) is 18.2 Å². The summed E-state index contributed by atoms with van der Waals surface area (Å²) in [6, 6.07) is 9.81. The van der Waals surface area contributed by atoms with Crippen LogP contribution in [-0.2, 0) is 0 Å². The second-order valence-electron chi connectivity index (χ2n) is 8.02. The molecule has 3 N–H and O–H groups in total. The number of nitrogens with two attached hydrogens (primary N) is 1. The maximum Gasteiger partial charge on any atom is 0.285 e. The van der Waals surface area contributed by atoms with E-state index in [0.29, 0.717) is 54.6 Å². The van der Waals surface area contributed by atoms with Gasteiger partial charge in [-0.05, 0) is 24.6 Å². The van der Waals surface area contributed by atoms with Crippen molar-refractivity contribution >= 4 is 42.4 Å². The number of anilines is 3. The van der Waals surface area contributed by atoms with Gasteiger partial charge in [0, 0.05) is 25.7 Å². The Hall–Kier alpha value is -3.93. The summed E-state index contributed by atoms with van der Waals surface area (Å²) in [5.74, 6) is 0.592. The molecule has 0 saturated carbocycles. The zero-order valence-electron chi connectivity index (χ0n) is 17.9. The summed E-state index contributed by atoms with van der Waals surface area (Å²) in [5.41, 5.74) is 6.26. The van der Waals surface area contributed by atoms with E-state index in [0.717, 1.165) is 0 Å². The number of nitrogens with zero attached hydrogens (tertiary/aromatic N) is 6. The minimum Gasteiger partial charge on any atom is -0.369 e. The SMILES string of the molecule is Nc1nc2c(c(N3CC[C@H]3c3nn4ccc(F)c4c(=O)n3-c3ccccc3)n1)C(=O)CCN2.S. The highest BCUT2D eigenvalue weighted by atomic mass is 32.1. The van der Waals surface area contributed by atoms with E-state index in [1.807, 2.05) is 11.0 Å². The number of fused-ring (bicyclic) bond motifs is 2. The molecule has 10 nitrogen and oxygen atoms in total. The maximum atomic E-state index is 14.4. The number of halogens is 1. The number of ketones is 1. The monoisotopic (exact) mass is 480 g/mol. The van der Waals surface area contributed by atoms with Crippen LogP contribution in [0.2, 0.25) is 0 Å². The Morgan fingerprint density at radius 3 is 2.65 bits per heavy atom. The number of para-hydroxylation sites is 1. The van der Waals surface area contributed by atoms with Crippen molar-refractivity contribution in [2.45, 2.75) is 18.9 Å². The summed E-state index contributed by atoms with van der Waals surface area (Å²) >= 11 is 0. The molecule has 6 rings (SSSR count). The number of rotatable bonds is 3. The summed E-state index contributed by atoms with van der Waals surface area (Å²) in [6.07, 6.45) is 2.41. The fraction of sp³-hybridized carbons (Fsp3) is 0.227. The smallest absolute Gasteiger partial charge is 0.285 e. The van der Waals surface area contributed by atoms with Gasteiger partial charge in [0.15, 0.2) is 22.9 Å². The van der Waals surface area contributed by atoms with Crippen LogP contribution in [0.4, 0.5) is 22.0 Å². The second-order valence-corrected chi connectivity index (χ2v) is 8.02. The van der Waals surface area contributed by atoms with E-state index in [4.69, 9.17) is 5.73 Å². The van der Waals surface area contributed by atoms with E-state index in [2.05, 4.69) is 20.4 Å². The molecule has 1 fully saturated rings. The van der Waals surface area contributed by atoms with E-state index in [9.17, 15) is 14.0 Å². The van der Waals surface area contributed by atoms with Gasteiger partial charge in [-0.2, -0.15) is 28.6 Å². The van der Waals surface area contributed by atoms with Crippen molar-refractivity contribution in [2.24, 2.45) is 0 Å². The molecule has 0 amide bonds. The van der Waals surface area contributed by atoms with Gasteiger partial charge >= 0.3 is 0 Å². The number of nitrogens with one attached hydrogen (secondary N) is 1. The van der Waals surface area contributed by atoms with Crippen molar-refractivity contribution in [3.63, 3.8) is 0 Å². The molecular formula is C22H21FN8O2S. The van der Waals surface area contributed by atoms with Gasteiger partial charge in [-0.25, -0.2) is 8.91 Å². The average Bonchev–Trinajstić information content (AvgIpc) is 3.14. The number of carbonyl (C=O) groups excluding carboxylic acids is 1. The molecule has 3 aromatic heterocycles. The first-order valence-electron chi connectivity index (χ1n) is 10.6. The highest BCUT2D eigenvalue weighted by Gasteiger charge is 2.39. The first-order valence-corrected chi connectivity index (χ1v) is 10.6. The van der Waals surface area contributed by atoms with Crippen LogP contribution in [0.3, 0.4) is 0 Å². The van der Waals surface area contributed by atoms with Gasteiger partial charge in [0.2, 0.25) is 5.95 Å². The van der Waals surface area contributed by atoms with Crippen molar-refractivity contribution in [1.29, 1.82) is 0 Å². The van der Waals surface area contributed by atoms with Crippen molar-refractivity contribution in [2.75, 3.05) is 29.0 Å². The number of hydrogen-bond donors (Lipinski definition) is 2.